The van der Waals surface area contributed by atoms with Crippen molar-refractivity contribution in [1.29, 1.82) is 0 Å². The number of imide groups is 1. The minimum Gasteiger partial charge on any atom is -0.310 e. The third kappa shape index (κ3) is 1.85. The highest BCUT2D eigenvalue weighted by molar-refractivity contribution is 6.04. The van der Waals surface area contributed by atoms with Gasteiger partial charge in [-0.15, -0.1) is 0 Å². The molecule has 15 heavy (non-hydrogen) atoms. The molecule has 1 heterocycles. The monoisotopic (exact) mass is 212 g/mol. The van der Waals surface area contributed by atoms with Gasteiger partial charge in [0.1, 0.15) is 6.04 Å². The van der Waals surface area contributed by atoms with Crippen molar-refractivity contribution >= 4 is 11.9 Å². The Morgan fingerprint density at radius 3 is 1.93 bits per heavy atom. The minimum atomic E-state index is -0.264. The van der Waals surface area contributed by atoms with E-state index in [-0.39, 0.29) is 30.1 Å². The zero-order valence-electron chi connectivity index (χ0n) is 10.2. The van der Waals surface area contributed by atoms with Crippen LogP contribution in [-0.2, 0) is 4.79 Å². The van der Waals surface area contributed by atoms with Crippen molar-refractivity contribution in [1.82, 2.24) is 9.80 Å². The summed E-state index contributed by atoms with van der Waals surface area (Å²) in [5.41, 5.74) is 0. The maximum atomic E-state index is 12.0. The first-order chi connectivity index (χ1) is 6.91. The van der Waals surface area contributed by atoms with Crippen LogP contribution in [0.25, 0.3) is 0 Å². The summed E-state index contributed by atoms with van der Waals surface area (Å²) in [5.74, 6) is -0.0498. The summed E-state index contributed by atoms with van der Waals surface area (Å²) in [7, 11) is 0. The minimum absolute atomic E-state index is 0.0498. The predicted molar refractivity (Wildman–Crippen MR) is 58.4 cm³/mol. The molecule has 0 spiro atoms. The quantitative estimate of drug-likeness (QED) is 0.670. The van der Waals surface area contributed by atoms with Gasteiger partial charge >= 0.3 is 6.03 Å². The second-order valence-corrected chi connectivity index (χ2v) is 4.51. The van der Waals surface area contributed by atoms with Crippen molar-refractivity contribution in [3.63, 3.8) is 0 Å². The largest absolute Gasteiger partial charge is 0.327 e. The van der Waals surface area contributed by atoms with Crippen LogP contribution in [0.1, 0.15) is 41.0 Å². The molecule has 0 radical (unpaired) electrons. The molecule has 0 bridgehead atoms. The van der Waals surface area contributed by atoms with Crippen LogP contribution in [0.4, 0.5) is 4.79 Å². The van der Waals surface area contributed by atoms with Crippen LogP contribution >= 0.6 is 0 Å². The lowest BCUT2D eigenvalue weighted by Gasteiger charge is -2.25. The standard InChI is InChI=1S/C11H20N2O2/c1-6-9-10(14)13(8(4)5)11(15)12(9)7(2)3/h7-9H,6H2,1-5H3. The Balaban J connectivity index is 3.01. The Hall–Kier alpha value is -1.06. The molecule has 4 nitrogen and oxygen atoms in total. The molecule has 4 heteroatoms. The molecule has 1 aliphatic heterocycles. The number of carbonyl (C=O) groups is 2. The number of carbonyl (C=O) groups excluding carboxylic acids is 2. The number of urea groups is 1. The summed E-state index contributed by atoms with van der Waals surface area (Å²) >= 11 is 0. The van der Waals surface area contributed by atoms with E-state index in [0.29, 0.717) is 6.42 Å². The van der Waals surface area contributed by atoms with Crippen LogP contribution in [0.2, 0.25) is 0 Å². The normalized spacial score (nSPS) is 22.5. The van der Waals surface area contributed by atoms with Gasteiger partial charge in [-0.25, -0.2) is 4.79 Å². The molecule has 0 aliphatic carbocycles. The van der Waals surface area contributed by atoms with Crippen LogP contribution in [0, 0.1) is 0 Å². The highest BCUT2D eigenvalue weighted by atomic mass is 16.2. The number of hydrogen-bond donors (Lipinski definition) is 0. The van der Waals surface area contributed by atoms with E-state index in [1.165, 1.54) is 4.90 Å². The molecule has 0 aromatic heterocycles. The van der Waals surface area contributed by atoms with Crippen LogP contribution < -0.4 is 0 Å². The van der Waals surface area contributed by atoms with Crippen molar-refractivity contribution in [2.75, 3.05) is 0 Å². The molecule has 1 rings (SSSR count). The van der Waals surface area contributed by atoms with Gasteiger partial charge < -0.3 is 4.90 Å². The van der Waals surface area contributed by atoms with Crippen molar-refractivity contribution in [2.45, 2.75) is 59.2 Å². The Kier molecular flexibility index (Phi) is 3.37. The average Bonchev–Trinajstić information content (AvgIpc) is 2.36. The fourth-order valence-corrected chi connectivity index (χ4v) is 2.06. The third-order valence-electron chi connectivity index (χ3n) is 2.74. The lowest BCUT2D eigenvalue weighted by molar-refractivity contribution is -0.129. The third-order valence-corrected chi connectivity index (χ3v) is 2.74. The predicted octanol–water partition coefficient (Wildman–Crippen LogP) is 1.85. The molecule has 1 saturated heterocycles. The molecule has 0 N–H and O–H groups in total. The highest BCUT2D eigenvalue weighted by Gasteiger charge is 2.45. The molecule has 86 valence electrons. The van der Waals surface area contributed by atoms with E-state index in [2.05, 4.69) is 0 Å². The maximum Gasteiger partial charge on any atom is 0.327 e. The molecule has 0 saturated carbocycles. The van der Waals surface area contributed by atoms with Gasteiger partial charge in [-0.3, -0.25) is 9.69 Å². The fourth-order valence-electron chi connectivity index (χ4n) is 2.06. The SMILES string of the molecule is CCC1C(=O)N(C(C)C)C(=O)N1C(C)C. The first kappa shape index (κ1) is 12.0. The van der Waals surface area contributed by atoms with E-state index in [1.54, 1.807) is 4.90 Å². The first-order valence-electron chi connectivity index (χ1n) is 5.57. The first-order valence-corrected chi connectivity index (χ1v) is 5.57. The summed E-state index contributed by atoms with van der Waals surface area (Å²) in [6, 6.07) is -0.380. The van der Waals surface area contributed by atoms with Gasteiger partial charge in [-0.05, 0) is 34.1 Å². The molecular weight excluding hydrogens is 192 g/mol. The van der Waals surface area contributed by atoms with Gasteiger partial charge in [-0.2, -0.15) is 0 Å². The van der Waals surface area contributed by atoms with Gasteiger partial charge in [0.05, 0.1) is 0 Å². The number of rotatable bonds is 3. The van der Waals surface area contributed by atoms with Crippen LogP contribution in [0.3, 0.4) is 0 Å². The molecule has 0 aromatic carbocycles. The molecule has 3 amide bonds. The molecule has 1 atom stereocenters. The molecule has 0 aromatic rings. The fraction of sp³-hybridized carbons (Fsp3) is 0.818. The lowest BCUT2D eigenvalue weighted by Crippen LogP contribution is -2.41. The van der Waals surface area contributed by atoms with Crippen LogP contribution in [0.5, 0.6) is 0 Å². The molecule has 1 fully saturated rings. The van der Waals surface area contributed by atoms with Crippen molar-refractivity contribution in [3.05, 3.63) is 0 Å². The molecule has 1 aliphatic rings. The number of amides is 3. The van der Waals surface area contributed by atoms with Crippen molar-refractivity contribution < 1.29 is 9.59 Å². The summed E-state index contributed by atoms with van der Waals surface area (Å²) < 4.78 is 0. The molecule has 1 unspecified atom stereocenters. The highest BCUT2D eigenvalue weighted by Crippen LogP contribution is 2.24. The summed E-state index contributed by atoms with van der Waals surface area (Å²) in [5, 5.41) is 0. The number of nitrogens with zero attached hydrogens (tertiary/aromatic N) is 2. The summed E-state index contributed by atoms with van der Waals surface area (Å²) in [4.78, 5) is 27.0. The van der Waals surface area contributed by atoms with Gasteiger partial charge in [0, 0.05) is 12.1 Å². The topological polar surface area (TPSA) is 40.6 Å². The van der Waals surface area contributed by atoms with Crippen LogP contribution in [0.15, 0.2) is 0 Å². The average molecular weight is 212 g/mol. The Morgan fingerprint density at radius 2 is 1.67 bits per heavy atom. The molecular formula is C11H20N2O2. The second-order valence-electron chi connectivity index (χ2n) is 4.51. The Labute approximate surface area is 91.2 Å². The van der Waals surface area contributed by atoms with E-state index in [9.17, 15) is 9.59 Å². The van der Waals surface area contributed by atoms with E-state index in [0.717, 1.165) is 0 Å². The van der Waals surface area contributed by atoms with Gasteiger partial charge in [0.2, 0.25) is 0 Å². The van der Waals surface area contributed by atoms with Gasteiger partial charge in [0.15, 0.2) is 0 Å². The maximum absolute atomic E-state index is 12.0. The van der Waals surface area contributed by atoms with Crippen molar-refractivity contribution in [2.24, 2.45) is 0 Å². The second kappa shape index (κ2) is 4.21. The summed E-state index contributed by atoms with van der Waals surface area (Å²) in [6.45, 7) is 9.56. The van der Waals surface area contributed by atoms with Gasteiger partial charge in [-0.1, -0.05) is 6.92 Å². The zero-order chi connectivity index (χ0) is 11.7. The van der Waals surface area contributed by atoms with E-state index in [1.807, 2.05) is 34.6 Å². The van der Waals surface area contributed by atoms with Crippen molar-refractivity contribution in [3.8, 4) is 0 Å². The smallest absolute Gasteiger partial charge is 0.310 e. The Bertz CT molecular complexity index is 274. The summed E-state index contributed by atoms with van der Waals surface area (Å²) in [6.07, 6.45) is 0.686. The Morgan fingerprint density at radius 1 is 1.13 bits per heavy atom. The van der Waals surface area contributed by atoms with E-state index in [4.69, 9.17) is 0 Å². The van der Waals surface area contributed by atoms with E-state index >= 15 is 0 Å². The van der Waals surface area contributed by atoms with Crippen LogP contribution in [-0.4, -0.2) is 39.9 Å². The van der Waals surface area contributed by atoms with E-state index < -0.39 is 0 Å². The zero-order valence-corrected chi connectivity index (χ0v) is 10.2. The lowest BCUT2D eigenvalue weighted by atomic mass is 10.1. The van der Waals surface area contributed by atoms with Gasteiger partial charge in [0.25, 0.3) is 5.91 Å². The number of hydrogen-bond acceptors (Lipinski definition) is 2.